The van der Waals surface area contributed by atoms with E-state index in [0.29, 0.717) is 29.7 Å². The Bertz CT molecular complexity index is 1410. The van der Waals surface area contributed by atoms with E-state index in [1.165, 1.54) is 40.1 Å². The van der Waals surface area contributed by atoms with Gasteiger partial charge in [0, 0.05) is 31.8 Å². The molecule has 34 heavy (non-hydrogen) atoms. The molecule has 176 valence electrons. The monoisotopic (exact) mass is 465 g/mol. The Morgan fingerprint density at radius 2 is 1.94 bits per heavy atom. The molecule has 1 aliphatic heterocycles. The number of benzene rings is 2. The zero-order valence-electron chi connectivity index (χ0n) is 18.8. The molecule has 2 aromatic carbocycles. The minimum Gasteiger partial charge on any atom is -0.348 e. The molecule has 1 N–H and O–H groups in total. The molecule has 1 aromatic heterocycles. The second-order valence-corrected chi connectivity index (χ2v) is 7.78. The smallest absolute Gasteiger partial charge is 0.331 e. The van der Waals surface area contributed by atoms with Crippen molar-refractivity contribution in [2.24, 2.45) is 12.1 Å². The van der Waals surface area contributed by atoms with Gasteiger partial charge in [-0.2, -0.15) is 5.10 Å². The molecule has 3 aromatic rings. The van der Waals surface area contributed by atoms with Crippen LogP contribution in [0.3, 0.4) is 0 Å². The lowest BCUT2D eigenvalue weighted by Gasteiger charge is -2.19. The standard InChI is InChI=1S/C24H24FN5O4/c1-3-34-30-15-17(10-11-27-30)13-26-22(31)18-6-9-21-20(12-18)23(32)29(24(33)28(21)2)14-16-4-7-19(25)8-5-16/h4-9,11-12,15H,3,10,13-14H2,1-2H3,(H,26,31). The topological polar surface area (TPSA) is 97.9 Å². The summed E-state index contributed by atoms with van der Waals surface area (Å²) >= 11 is 0. The largest absolute Gasteiger partial charge is 0.348 e. The second kappa shape index (κ2) is 9.84. The van der Waals surface area contributed by atoms with Gasteiger partial charge in [-0.15, -0.1) is 5.17 Å². The number of nitrogens with zero attached hydrogens (tertiary/aromatic N) is 4. The summed E-state index contributed by atoms with van der Waals surface area (Å²) in [5.41, 5.74) is 1.21. The van der Waals surface area contributed by atoms with Crippen LogP contribution in [-0.2, 0) is 18.4 Å². The molecule has 0 saturated heterocycles. The average molecular weight is 465 g/mol. The third kappa shape index (κ3) is 4.81. The summed E-state index contributed by atoms with van der Waals surface area (Å²) in [7, 11) is 1.56. The molecule has 2 heterocycles. The number of carbonyl (C=O) groups excluding carboxylic acids is 1. The zero-order valence-corrected chi connectivity index (χ0v) is 18.8. The van der Waals surface area contributed by atoms with Crippen LogP contribution in [0, 0.1) is 5.82 Å². The maximum atomic E-state index is 13.2. The Hall–Kier alpha value is -4.05. The molecule has 0 fully saturated rings. The molecular weight excluding hydrogens is 441 g/mol. The van der Waals surface area contributed by atoms with Gasteiger partial charge >= 0.3 is 5.69 Å². The minimum absolute atomic E-state index is 0.00973. The van der Waals surface area contributed by atoms with E-state index in [-0.39, 0.29) is 24.4 Å². The van der Waals surface area contributed by atoms with Crippen LogP contribution in [0.25, 0.3) is 10.9 Å². The summed E-state index contributed by atoms with van der Waals surface area (Å²) < 4.78 is 15.7. The van der Waals surface area contributed by atoms with Crippen molar-refractivity contribution in [3.8, 4) is 0 Å². The van der Waals surface area contributed by atoms with Crippen molar-refractivity contribution in [3.05, 3.63) is 92.0 Å². The van der Waals surface area contributed by atoms with Gasteiger partial charge in [-0.25, -0.2) is 9.18 Å². The number of aryl methyl sites for hydroxylation is 1. The van der Waals surface area contributed by atoms with Crippen molar-refractivity contribution in [1.29, 1.82) is 0 Å². The van der Waals surface area contributed by atoms with Crippen molar-refractivity contribution in [2.45, 2.75) is 19.9 Å². The van der Waals surface area contributed by atoms with Gasteiger partial charge in [0.1, 0.15) is 5.82 Å². The number of rotatable bonds is 7. The van der Waals surface area contributed by atoms with Crippen molar-refractivity contribution in [2.75, 3.05) is 13.2 Å². The van der Waals surface area contributed by atoms with E-state index in [1.54, 1.807) is 31.6 Å². The van der Waals surface area contributed by atoms with Gasteiger partial charge < -0.3 is 5.32 Å². The predicted molar refractivity (Wildman–Crippen MR) is 126 cm³/mol. The first kappa shape index (κ1) is 23.1. The normalized spacial score (nSPS) is 13.3. The average Bonchev–Trinajstić information content (AvgIpc) is 2.85. The molecule has 0 radical (unpaired) electrons. The fourth-order valence-electron chi connectivity index (χ4n) is 3.67. The van der Waals surface area contributed by atoms with Crippen LogP contribution >= 0.6 is 0 Å². The first-order valence-corrected chi connectivity index (χ1v) is 10.8. The van der Waals surface area contributed by atoms with Crippen LogP contribution in [0.4, 0.5) is 4.39 Å². The highest BCUT2D eigenvalue weighted by atomic mass is 19.1. The summed E-state index contributed by atoms with van der Waals surface area (Å²) in [6.07, 6.45) is 3.99. The summed E-state index contributed by atoms with van der Waals surface area (Å²) in [6.45, 7) is 2.59. The lowest BCUT2D eigenvalue weighted by molar-refractivity contribution is -0.115. The quantitative estimate of drug-likeness (QED) is 0.577. The van der Waals surface area contributed by atoms with Gasteiger partial charge in [0.15, 0.2) is 0 Å². The van der Waals surface area contributed by atoms with E-state index < -0.39 is 17.1 Å². The van der Waals surface area contributed by atoms with Gasteiger partial charge in [-0.1, -0.05) is 12.1 Å². The fraction of sp³-hybridized carbons (Fsp3) is 0.250. The number of fused-ring (bicyclic) bond motifs is 1. The van der Waals surface area contributed by atoms with Gasteiger partial charge in [-0.3, -0.25) is 23.6 Å². The summed E-state index contributed by atoms with van der Waals surface area (Å²) in [6, 6.07) is 10.2. The van der Waals surface area contributed by atoms with Gasteiger partial charge in [0.25, 0.3) is 11.5 Å². The Labute approximate surface area is 194 Å². The summed E-state index contributed by atoms with van der Waals surface area (Å²) in [5.74, 6) is -0.758. The van der Waals surface area contributed by atoms with E-state index in [9.17, 15) is 18.8 Å². The van der Waals surface area contributed by atoms with Crippen LogP contribution in [0.5, 0.6) is 0 Å². The van der Waals surface area contributed by atoms with Crippen molar-refractivity contribution >= 4 is 23.0 Å². The van der Waals surface area contributed by atoms with Gasteiger partial charge in [0.05, 0.1) is 30.3 Å². The van der Waals surface area contributed by atoms with E-state index in [1.807, 2.05) is 6.92 Å². The number of hydrogen-bond acceptors (Lipinski definition) is 6. The molecule has 4 rings (SSSR count). The van der Waals surface area contributed by atoms with Crippen molar-refractivity contribution in [1.82, 2.24) is 19.6 Å². The van der Waals surface area contributed by atoms with Gasteiger partial charge in [0.2, 0.25) is 0 Å². The highest BCUT2D eigenvalue weighted by molar-refractivity contribution is 5.98. The number of hydroxylamine groups is 1. The molecule has 0 atom stereocenters. The Morgan fingerprint density at radius 3 is 2.68 bits per heavy atom. The number of nitrogens with one attached hydrogen (secondary N) is 1. The molecule has 1 aliphatic rings. The number of hydrazone groups is 1. The lowest BCUT2D eigenvalue weighted by Crippen LogP contribution is -2.39. The SMILES string of the molecule is CCON1C=C(CNC(=O)c2ccc3c(c2)c(=O)n(Cc2ccc(F)cc2)c(=O)n3C)CC=N1. The number of aromatic nitrogens is 2. The van der Waals surface area contributed by atoms with Crippen LogP contribution in [0.15, 0.2) is 68.9 Å². The highest BCUT2D eigenvalue weighted by Crippen LogP contribution is 2.13. The van der Waals surface area contributed by atoms with E-state index >= 15 is 0 Å². The highest BCUT2D eigenvalue weighted by Gasteiger charge is 2.15. The number of amides is 1. The predicted octanol–water partition coefficient (Wildman–Crippen LogP) is 2.14. The Morgan fingerprint density at radius 1 is 1.18 bits per heavy atom. The molecule has 0 aliphatic carbocycles. The summed E-state index contributed by atoms with van der Waals surface area (Å²) in [4.78, 5) is 44.0. The molecule has 0 spiro atoms. The molecule has 9 nitrogen and oxygen atoms in total. The van der Waals surface area contributed by atoms with Crippen LogP contribution in [-0.4, -0.2) is 39.6 Å². The maximum Gasteiger partial charge on any atom is 0.331 e. The van der Waals surface area contributed by atoms with Crippen LogP contribution in [0.2, 0.25) is 0 Å². The molecule has 0 bridgehead atoms. The number of hydrogen-bond donors (Lipinski definition) is 1. The van der Waals surface area contributed by atoms with Gasteiger partial charge in [-0.05, 0) is 48.4 Å². The third-order valence-corrected chi connectivity index (χ3v) is 5.45. The zero-order chi connectivity index (χ0) is 24.2. The Kier molecular flexibility index (Phi) is 6.69. The minimum atomic E-state index is -0.518. The lowest BCUT2D eigenvalue weighted by atomic mass is 10.1. The van der Waals surface area contributed by atoms with E-state index in [2.05, 4.69) is 10.4 Å². The van der Waals surface area contributed by atoms with Crippen LogP contribution in [0.1, 0.15) is 29.3 Å². The fourth-order valence-corrected chi connectivity index (χ4v) is 3.67. The van der Waals surface area contributed by atoms with E-state index in [0.717, 1.165) is 10.1 Å². The molecule has 0 unspecified atom stereocenters. The maximum absolute atomic E-state index is 13.2. The molecule has 10 heteroatoms. The van der Waals surface area contributed by atoms with Crippen LogP contribution < -0.4 is 16.6 Å². The third-order valence-electron chi connectivity index (χ3n) is 5.45. The summed E-state index contributed by atoms with van der Waals surface area (Å²) in [5, 5.41) is 8.50. The second-order valence-electron chi connectivity index (χ2n) is 7.78. The van der Waals surface area contributed by atoms with Crippen molar-refractivity contribution < 1.29 is 14.0 Å². The first-order chi connectivity index (χ1) is 16.4. The van der Waals surface area contributed by atoms with Crippen molar-refractivity contribution in [3.63, 3.8) is 0 Å². The first-order valence-electron chi connectivity index (χ1n) is 10.8. The molecule has 0 saturated carbocycles. The number of halogens is 1. The Balaban J connectivity index is 1.60. The van der Waals surface area contributed by atoms with E-state index in [4.69, 9.17) is 4.84 Å². The number of carbonyl (C=O) groups is 1. The molecular formula is C24H24FN5O4. The molecule has 1 amide bonds.